The van der Waals surface area contributed by atoms with Gasteiger partial charge in [0.1, 0.15) is 18.6 Å². The Hall–Kier alpha value is -1.71. The SMILES string of the molecule is CO/N=C/c1ccc(O)cc1O. The normalized spacial score (nSPS) is 10.4. The molecule has 12 heavy (non-hydrogen) atoms. The van der Waals surface area contributed by atoms with Crippen LogP contribution in [0.5, 0.6) is 11.5 Å². The zero-order valence-corrected chi connectivity index (χ0v) is 6.56. The van der Waals surface area contributed by atoms with E-state index in [9.17, 15) is 5.11 Å². The topological polar surface area (TPSA) is 62.0 Å². The molecule has 0 spiro atoms. The van der Waals surface area contributed by atoms with Gasteiger partial charge >= 0.3 is 0 Å². The number of phenols is 2. The maximum atomic E-state index is 9.21. The van der Waals surface area contributed by atoms with E-state index in [1.54, 1.807) is 0 Å². The van der Waals surface area contributed by atoms with E-state index in [-0.39, 0.29) is 11.5 Å². The van der Waals surface area contributed by atoms with Crippen LogP contribution >= 0.6 is 0 Å². The Kier molecular flexibility index (Phi) is 2.53. The van der Waals surface area contributed by atoms with Gasteiger partial charge in [-0.3, -0.25) is 0 Å². The minimum atomic E-state index is -0.0317. The molecule has 0 saturated heterocycles. The van der Waals surface area contributed by atoms with Crippen molar-refractivity contribution in [2.24, 2.45) is 5.16 Å². The fourth-order valence-electron chi connectivity index (χ4n) is 0.751. The summed E-state index contributed by atoms with van der Waals surface area (Å²) >= 11 is 0. The van der Waals surface area contributed by atoms with Gasteiger partial charge in [-0.15, -0.1) is 0 Å². The van der Waals surface area contributed by atoms with Crippen molar-refractivity contribution in [3.05, 3.63) is 23.8 Å². The van der Waals surface area contributed by atoms with E-state index >= 15 is 0 Å². The van der Waals surface area contributed by atoms with Crippen LogP contribution in [0.1, 0.15) is 5.56 Å². The van der Waals surface area contributed by atoms with E-state index in [4.69, 9.17) is 5.11 Å². The number of hydrogen-bond acceptors (Lipinski definition) is 4. The summed E-state index contributed by atoms with van der Waals surface area (Å²) in [5.74, 6) is -0.0159. The molecule has 4 nitrogen and oxygen atoms in total. The third-order valence-electron chi connectivity index (χ3n) is 1.31. The summed E-state index contributed by atoms with van der Waals surface area (Å²) < 4.78 is 0. The van der Waals surface area contributed by atoms with Crippen LogP contribution in [-0.4, -0.2) is 23.5 Å². The van der Waals surface area contributed by atoms with Crippen molar-refractivity contribution in [3.63, 3.8) is 0 Å². The van der Waals surface area contributed by atoms with E-state index in [1.165, 1.54) is 31.5 Å². The molecule has 1 rings (SSSR count). The van der Waals surface area contributed by atoms with E-state index in [2.05, 4.69) is 9.99 Å². The van der Waals surface area contributed by atoms with Crippen LogP contribution in [-0.2, 0) is 4.84 Å². The summed E-state index contributed by atoms with van der Waals surface area (Å²) in [4.78, 5) is 4.43. The molecule has 4 heteroatoms. The van der Waals surface area contributed by atoms with Gasteiger partial charge in [0, 0.05) is 11.6 Å². The van der Waals surface area contributed by atoms with Crippen LogP contribution in [0.2, 0.25) is 0 Å². The number of nitrogens with zero attached hydrogens (tertiary/aromatic N) is 1. The predicted molar refractivity (Wildman–Crippen MR) is 44.4 cm³/mol. The number of rotatable bonds is 2. The average molecular weight is 167 g/mol. The maximum absolute atomic E-state index is 9.21. The van der Waals surface area contributed by atoms with Gasteiger partial charge in [-0.05, 0) is 12.1 Å². The van der Waals surface area contributed by atoms with E-state index < -0.39 is 0 Å². The summed E-state index contributed by atoms with van der Waals surface area (Å²) in [6.45, 7) is 0. The molecule has 0 aromatic heterocycles. The lowest BCUT2D eigenvalue weighted by atomic mass is 10.2. The van der Waals surface area contributed by atoms with Crippen molar-refractivity contribution in [2.75, 3.05) is 7.11 Å². The second-order valence-electron chi connectivity index (χ2n) is 2.16. The van der Waals surface area contributed by atoms with Crippen molar-refractivity contribution < 1.29 is 15.1 Å². The summed E-state index contributed by atoms with van der Waals surface area (Å²) in [6, 6.07) is 4.22. The van der Waals surface area contributed by atoms with Crippen LogP contribution in [0, 0.1) is 0 Å². The third kappa shape index (κ3) is 1.88. The van der Waals surface area contributed by atoms with Gasteiger partial charge in [-0.25, -0.2) is 0 Å². The molecule has 2 N–H and O–H groups in total. The first-order valence-electron chi connectivity index (χ1n) is 3.32. The molecule has 64 valence electrons. The fraction of sp³-hybridized carbons (Fsp3) is 0.125. The lowest BCUT2D eigenvalue weighted by Gasteiger charge is -1.97. The summed E-state index contributed by atoms with van der Waals surface area (Å²) in [6.07, 6.45) is 1.36. The molecule has 0 amide bonds. The standard InChI is InChI=1S/C8H9NO3/c1-12-9-5-6-2-3-7(10)4-8(6)11/h2-5,10-11H,1H3/b9-5+. The maximum Gasteiger partial charge on any atom is 0.128 e. The average Bonchev–Trinajstić information content (AvgIpc) is 2.03. The lowest BCUT2D eigenvalue weighted by Crippen LogP contribution is -1.82. The monoisotopic (exact) mass is 167 g/mol. The molecule has 0 heterocycles. The molecule has 1 aromatic carbocycles. The van der Waals surface area contributed by atoms with Gasteiger partial charge in [0.2, 0.25) is 0 Å². The first kappa shape index (κ1) is 8.39. The minimum absolute atomic E-state index is 0.0158. The highest BCUT2D eigenvalue weighted by molar-refractivity contribution is 5.83. The molecule has 0 saturated carbocycles. The Morgan fingerprint density at radius 3 is 2.75 bits per heavy atom. The van der Waals surface area contributed by atoms with Crippen LogP contribution in [0.25, 0.3) is 0 Å². The van der Waals surface area contributed by atoms with Gasteiger partial charge in [0.05, 0.1) is 6.21 Å². The zero-order valence-electron chi connectivity index (χ0n) is 6.56. The molecule has 0 radical (unpaired) electrons. The molecule has 0 atom stereocenters. The number of hydrogen-bond donors (Lipinski definition) is 2. The van der Waals surface area contributed by atoms with Crippen LogP contribution < -0.4 is 0 Å². The fourth-order valence-corrected chi connectivity index (χ4v) is 0.751. The van der Waals surface area contributed by atoms with Gasteiger partial charge in [0.25, 0.3) is 0 Å². The Morgan fingerprint density at radius 2 is 2.17 bits per heavy atom. The molecule has 0 bridgehead atoms. The second-order valence-corrected chi connectivity index (χ2v) is 2.16. The smallest absolute Gasteiger partial charge is 0.128 e. The van der Waals surface area contributed by atoms with Crippen molar-refractivity contribution in [1.82, 2.24) is 0 Å². The van der Waals surface area contributed by atoms with E-state index in [1.807, 2.05) is 0 Å². The number of aromatic hydroxyl groups is 2. The van der Waals surface area contributed by atoms with Crippen LogP contribution in [0.4, 0.5) is 0 Å². The van der Waals surface area contributed by atoms with Gasteiger partial charge in [-0.1, -0.05) is 5.16 Å². The third-order valence-corrected chi connectivity index (χ3v) is 1.31. The second kappa shape index (κ2) is 3.61. The number of phenolic OH excluding ortho intramolecular Hbond substituents is 2. The molecule has 0 aliphatic heterocycles. The first-order valence-corrected chi connectivity index (χ1v) is 3.32. The number of benzene rings is 1. The van der Waals surface area contributed by atoms with Crippen LogP contribution in [0.3, 0.4) is 0 Å². The van der Waals surface area contributed by atoms with Crippen LogP contribution in [0.15, 0.2) is 23.4 Å². The highest BCUT2D eigenvalue weighted by Crippen LogP contribution is 2.20. The molecule has 1 aromatic rings. The molecule has 0 fully saturated rings. The molecule has 0 aliphatic rings. The van der Waals surface area contributed by atoms with Gasteiger partial charge in [-0.2, -0.15) is 0 Å². The predicted octanol–water partition coefficient (Wildman–Crippen LogP) is 1.08. The molecular formula is C8H9NO3. The zero-order chi connectivity index (χ0) is 8.97. The Labute approximate surface area is 69.7 Å². The Balaban J connectivity index is 2.94. The van der Waals surface area contributed by atoms with Crippen molar-refractivity contribution in [1.29, 1.82) is 0 Å². The first-order chi connectivity index (χ1) is 5.74. The summed E-state index contributed by atoms with van der Waals surface area (Å²) in [5, 5.41) is 21.6. The van der Waals surface area contributed by atoms with Crippen molar-refractivity contribution >= 4 is 6.21 Å². The Morgan fingerprint density at radius 1 is 1.42 bits per heavy atom. The Bertz CT molecular complexity index is 296. The van der Waals surface area contributed by atoms with Crippen molar-refractivity contribution in [3.8, 4) is 11.5 Å². The quantitative estimate of drug-likeness (QED) is 0.511. The lowest BCUT2D eigenvalue weighted by molar-refractivity contribution is 0.215. The highest BCUT2D eigenvalue weighted by atomic mass is 16.6. The molecular weight excluding hydrogens is 158 g/mol. The largest absolute Gasteiger partial charge is 0.508 e. The summed E-state index contributed by atoms with van der Waals surface area (Å²) in [7, 11) is 1.41. The highest BCUT2D eigenvalue weighted by Gasteiger charge is 1.98. The molecule has 0 unspecified atom stereocenters. The summed E-state index contributed by atoms with van der Waals surface area (Å²) in [5.41, 5.74) is 0.495. The van der Waals surface area contributed by atoms with E-state index in [0.29, 0.717) is 5.56 Å². The number of oxime groups is 1. The van der Waals surface area contributed by atoms with E-state index in [0.717, 1.165) is 0 Å². The molecule has 0 aliphatic carbocycles. The van der Waals surface area contributed by atoms with Crippen molar-refractivity contribution in [2.45, 2.75) is 0 Å². The van der Waals surface area contributed by atoms with Gasteiger partial charge < -0.3 is 15.1 Å². The minimum Gasteiger partial charge on any atom is -0.508 e. The van der Waals surface area contributed by atoms with Gasteiger partial charge in [0.15, 0.2) is 0 Å².